The van der Waals surface area contributed by atoms with Gasteiger partial charge in [-0.05, 0) is 6.42 Å². The Balaban J connectivity index is 2.50. The number of amides is 1. The molecule has 1 amide bonds. The van der Waals surface area contributed by atoms with Gasteiger partial charge in [0.2, 0.25) is 5.91 Å². The molecule has 1 aliphatic heterocycles. The number of aliphatic carboxylic acids is 1. The Morgan fingerprint density at radius 1 is 1.60 bits per heavy atom. The average Bonchev–Trinajstić information content (AvgIpc) is 2.60. The quantitative estimate of drug-likeness (QED) is 0.556. The molecule has 0 spiro atoms. The van der Waals surface area contributed by atoms with Crippen LogP contribution in [-0.2, 0) is 14.3 Å². The molecule has 86 valence electrons. The van der Waals surface area contributed by atoms with Gasteiger partial charge in [0, 0.05) is 6.04 Å². The summed E-state index contributed by atoms with van der Waals surface area (Å²) >= 11 is 0. The molecule has 1 fully saturated rings. The summed E-state index contributed by atoms with van der Waals surface area (Å²) in [7, 11) is 0. The number of hydrogen-bond acceptors (Lipinski definition) is 4. The Kier molecular flexibility index (Phi) is 4.05. The van der Waals surface area contributed by atoms with Gasteiger partial charge in [-0.3, -0.25) is 4.79 Å². The lowest BCUT2D eigenvalue weighted by molar-refractivity contribution is -0.142. The highest BCUT2D eigenvalue weighted by Crippen LogP contribution is 2.12. The second-order valence-corrected chi connectivity index (χ2v) is 3.62. The van der Waals surface area contributed by atoms with E-state index >= 15 is 0 Å². The van der Waals surface area contributed by atoms with Crippen LogP contribution in [0.2, 0.25) is 0 Å². The molecule has 1 saturated heterocycles. The molecule has 3 atom stereocenters. The van der Waals surface area contributed by atoms with Gasteiger partial charge >= 0.3 is 5.97 Å². The number of hydrogen-bond donors (Lipinski definition) is 3. The number of ether oxygens (including phenoxy) is 1. The first-order chi connectivity index (χ1) is 7.06. The Morgan fingerprint density at radius 2 is 2.27 bits per heavy atom. The molecule has 0 aromatic heterocycles. The molecule has 0 aliphatic carbocycles. The molecule has 0 bridgehead atoms. The van der Waals surface area contributed by atoms with E-state index in [0.29, 0.717) is 13.0 Å². The van der Waals surface area contributed by atoms with Crippen molar-refractivity contribution in [3.05, 3.63) is 0 Å². The minimum Gasteiger partial charge on any atom is -0.480 e. The minimum atomic E-state index is -1.03. The molecule has 4 N–H and O–H groups in total. The third-order valence-electron chi connectivity index (χ3n) is 2.48. The van der Waals surface area contributed by atoms with E-state index in [1.807, 2.05) is 0 Å². The zero-order valence-electron chi connectivity index (χ0n) is 8.60. The summed E-state index contributed by atoms with van der Waals surface area (Å²) < 4.78 is 5.03. The second-order valence-electron chi connectivity index (χ2n) is 3.62. The van der Waals surface area contributed by atoms with E-state index in [4.69, 9.17) is 15.6 Å². The molecule has 6 heteroatoms. The van der Waals surface area contributed by atoms with E-state index in [9.17, 15) is 9.59 Å². The van der Waals surface area contributed by atoms with E-state index in [1.54, 1.807) is 6.92 Å². The topological polar surface area (TPSA) is 102 Å². The average molecular weight is 216 g/mol. The summed E-state index contributed by atoms with van der Waals surface area (Å²) in [5, 5.41) is 11.2. The fraction of sp³-hybridized carbons (Fsp3) is 0.778. The molecule has 1 heterocycles. The van der Waals surface area contributed by atoms with Crippen molar-refractivity contribution < 1.29 is 19.4 Å². The number of carboxylic acids is 1. The van der Waals surface area contributed by atoms with Crippen LogP contribution in [-0.4, -0.2) is 42.3 Å². The van der Waals surface area contributed by atoms with E-state index in [2.05, 4.69) is 5.32 Å². The van der Waals surface area contributed by atoms with Crippen molar-refractivity contribution in [2.75, 3.05) is 13.2 Å². The minimum absolute atomic E-state index is 0.267. The number of carbonyl (C=O) groups is 2. The maximum absolute atomic E-state index is 11.6. The lowest BCUT2D eigenvalue weighted by Gasteiger charge is -2.17. The molecule has 6 nitrogen and oxygen atoms in total. The molecular weight excluding hydrogens is 200 g/mol. The highest BCUT2D eigenvalue weighted by atomic mass is 16.5. The van der Waals surface area contributed by atoms with Gasteiger partial charge in [-0.25, -0.2) is 4.79 Å². The van der Waals surface area contributed by atoms with E-state index < -0.39 is 17.9 Å². The van der Waals surface area contributed by atoms with Gasteiger partial charge in [0.25, 0.3) is 0 Å². The molecule has 3 unspecified atom stereocenters. The van der Waals surface area contributed by atoms with Crippen LogP contribution in [0.15, 0.2) is 0 Å². The monoisotopic (exact) mass is 216 g/mol. The predicted octanol–water partition coefficient (Wildman–Crippen LogP) is -1.06. The van der Waals surface area contributed by atoms with Crippen molar-refractivity contribution in [2.45, 2.75) is 25.4 Å². The molecule has 0 radical (unpaired) electrons. The van der Waals surface area contributed by atoms with Gasteiger partial charge in [0.15, 0.2) is 0 Å². The number of nitrogens with one attached hydrogen (secondary N) is 1. The number of nitrogens with two attached hydrogens (primary N) is 1. The lowest BCUT2D eigenvalue weighted by atomic mass is 10.0. The van der Waals surface area contributed by atoms with Crippen molar-refractivity contribution in [1.82, 2.24) is 5.32 Å². The first-order valence-corrected chi connectivity index (χ1v) is 4.92. The molecule has 0 saturated carbocycles. The van der Waals surface area contributed by atoms with Crippen LogP contribution in [0.5, 0.6) is 0 Å². The van der Waals surface area contributed by atoms with Gasteiger partial charge in [-0.2, -0.15) is 0 Å². The van der Waals surface area contributed by atoms with Gasteiger partial charge in [-0.15, -0.1) is 0 Å². The van der Waals surface area contributed by atoms with Gasteiger partial charge in [0.1, 0.15) is 6.04 Å². The third-order valence-corrected chi connectivity index (χ3v) is 2.48. The Labute approximate surface area is 87.8 Å². The van der Waals surface area contributed by atoms with Crippen molar-refractivity contribution >= 4 is 11.9 Å². The molecule has 0 aromatic rings. The number of carbonyl (C=O) groups excluding carboxylic acids is 1. The lowest BCUT2D eigenvalue weighted by Crippen LogP contribution is -2.47. The standard InChI is InChI=1S/C9H16N2O4/c1-2-7(9(13)14)11-8(12)5-3-15-4-6(5)10/h5-7H,2-4,10H2,1H3,(H,11,12)(H,13,14). The zero-order chi connectivity index (χ0) is 11.4. The van der Waals surface area contributed by atoms with Gasteiger partial charge in [-0.1, -0.05) is 6.92 Å². The van der Waals surface area contributed by atoms with Crippen LogP contribution < -0.4 is 11.1 Å². The summed E-state index contributed by atoms with van der Waals surface area (Å²) in [5.74, 6) is -1.80. The van der Waals surface area contributed by atoms with E-state index in [0.717, 1.165) is 0 Å². The zero-order valence-corrected chi connectivity index (χ0v) is 8.60. The van der Waals surface area contributed by atoms with Crippen LogP contribution in [0.25, 0.3) is 0 Å². The maximum Gasteiger partial charge on any atom is 0.326 e. The molecule has 0 aromatic carbocycles. The first-order valence-electron chi connectivity index (χ1n) is 4.92. The van der Waals surface area contributed by atoms with E-state index in [-0.39, 0.29) is 18.6 Å². The maximum atomic E-state index is 11.6. The smallest absolute Gasteiger partial charge is 0.326 e. The summed E-state index contributed by atoms with van der Waals surface area (Å²) in [6, 6.07) is -1.18. The van der Waals surface area contributed by atoms with Crippen LogP contribution >= 0.6 is 0 Å². The summed E-state index contributed by atoms with van der Waals surface area (Å²) in [6.07, 6.45) is 0.351. The predicted molar refractivity (Wildman–Crippen MR) is 52.1 cm³/mol. The van der Waals surface area contributed by atoms with Crippen LogP contribution in [0.1, 0.15) is 13.3 Å². The van der Waals surface area contributed by atoms with Crippen LogP contribution in [0.3, 0.4) is 0 Å². The van der Waals surface area contributed by atoms with Crippen LogP contribution in [0.4, 0.5) is 0 Å². The van der Waals surface area contributed by atoms with Crippen molar-refractivity contribution in [2.24, 2.45) is 11.7 Å². The summed E-state index contributed by atoms with van der Waals surface area (Å²) in [6.45, 7) is 2.31. The third kappa shape index (κ3) is 2.90. The summed E-state index contributed by atoms with van der Waals surface area (Å²) in [4.78, 5) is 22.3. The van der Waals surface area contributed by atoms with Crippen molar-refractivity contribution in [3.8, 4) is 0 Å². The fourth-order valence-electron chi connectivity index (χ4n) is 1.46. The molecule has 1 rings (SSSR count). The fourth-order valence-corrected chi connectivity index (χ4v) is 1.46. The normalized spacial score (nSPS) is 27.3. The van der Waals surface area contributed by atoms with Crippen molar-refractivity contribution in [1.29, 1.82) is 0 Å². The van der Waals surface area contributed by atoms with E-state index in [1.165, 1.54) is 0 Å². The second kappa shape index (κ2) is 5.09. The first kappa shape index (κ1) is 11.9. The Morgan fingerprint density at radius 3 is 2.67 bits per heavy atom. The molecule has 15 heavy (non-hydrogen) atoms. The SMILES string of the molecule is CCC(NC(=O)C1COCC1N)C(=O)O. The number of carboxylic acid groups (broad SMARTS) is 1. The highest BCUT2D eigenvalue weighted by Gasteiger charge is 2.33. The molecular formula is C9H16N2O4. The van der Waals surface area contributed by atoms with Crippen LogP contribution in [0, 0.1) is 5.92 Å². The largest absolute Gasteiger partial charge is 0.480 e. The van der Waals surface area contributed by atoms with Crippen molar-refractivity contribution in [3.63, 3.8) is 0 Å². The van der Waals surface area contributed by atoms with Gasteiger partial charge < -0.3 is 20.9 Å². The molecule has 1 aliphatic rings. The highest BCUT2D eigenvalue weighted by molar-refractivity contribution is 5.85. The number of rotatable bonds is 4. The Bertz CT molecular complexity index is 256. The Hall–Kier alpha value is -1.14. The summed E-state index contributed by atoms with van der Waals surface area (Å²) in [5.41, 5.74) is 5.64. The van der Waals surface area contributed by atoms with Gasteiger partial charge in [0.05, 0.1) is 19.1 Å².